The van der Waals surface area contributed by atoms with Crippen molar-refractivity contribution in [2.75, 3.05) is 38.3 Å². The minimum Gasteiger partial charge on any atom is -0.382 e. The second kappa shape index (κ2) is 5.89. The molecule has 19 heavy (non-hydrogen) atoms. The van der Waals surface area contributed by atoms with E-state index in [9.17, 15) is 14.5 Å². The van der Waals surface area contributed by atoms with Gasteiger partial charge in [0.25, 0.3) is 5.69 Å². The summed E-state index contributed by atoms with van der Waals surface area (Å²) in [4.78, 5) is 15.4. The molecule has 1 unspecified atom stereocenters. The van der Waals surface area contributed by atoms with Crippen LogP contribution in [0.4, 0.5) is 15.9 Å². The maximum Gasteiger partial charge on any atom is 0.290 e. The van der Waals surface area contributed by atoms with Crippen molar-refractivity contribution < 1.29 is 18.8 Å². The number of aromatic nitrogens is 1. The third-order valence-corrected chi connectivity index (χ3v) is 2.81. The van der Waals surface area contributed by atoms with E-state index in [1.54, 1.807) is 12.0 Å². The van der Waals surface area contributed by atoms with Gasteiger partial charge in [-0.2, -0.15) is 0 Å². The Balaban J connectivity index is 2.15. The van der Waals surface area contributed by atoms with Gasteiger partial charge < -0.3 is 14.4 Å². The van der Waals surface area contributed by atoms with E-state index in [2.05, 4.69) is 4.98 Å². The van der Waals surface area contributed by atoms with Crippen molar-refractivity contribution in [3.8, 4) is 0 Å². The molecule has 1 aromatic rings. The monoisotopic (exact) mass is 271 g/mol. The van der Waals surface area contributed by atoms with E-state index in [4.69, 9.17) is 9.47 Å². The highest BCUT2D eigenvalue weighted by Crippen LogP contribution is 2.22. The lowest BCUT2D eigenvalue weighted by atomic mass is 10.2. The highest BCUT2D eigenvalue weighted by atomic mass is 19.1. The molecule has 2 rings (SSSR count). The van der Waals surface area contributed by atoms with E-state index in [0.717, 1.165) is 12.3 Å². The number of morpholine rings is 1. The molecule has 0 bridgehead atoms. The molecule has 1 aliphatic heterocycles. The number of hydrogen-bond acceptors (Lipinski definition) is 6. The van der Waals surface area contributed by atoms with Gasteiger partial charge in [0.2, 0.25) is 0 Å². The van der Waals surface area contributed by atoms with Gasteiger partial charge in [-0.25, -0.2) is 9.37 Å². The largest absolute Gasteiger partial charge is 0.382 e. The molecule has 1 fully saturated rings. The lowest BCUT2D eigenvalue weighted by Crippen LogP contribution is -2.45. The fourth-order valence-corrected chi connectivity index (χ4v) is 1.95. The molecule has 0 aromatic carbocycles. The van der Waals surface area contributed by atoms with Crippen LogP contribution in [0.25, 0.3) is 0 Å². The van der Waals surface area contributed by atoms with Gasteiger partial charge in [0.05, 0.1) is 30.3 Å². The molecule has 0 N–H and O–H groups in total. The quantitative estimate of drug-likeness (QED) is 0.600. The molecule has 1 aromatic heterocycles. The van der Waals surface area contributed by atoms with E-state index < -0.39 is 10.7 Å². The zero-order chi connectivity index (χ0) is 13.8. The molecule has 2 heterocycles. The van der Waals surface area contributed by atoms with Crippen molar-refractivity contribution >= 4 is 11.5 Å². The summed E-state index contributed by atoms with van der Waals surface area (Å²) < 4.78 is 24.3. The van der Waals surface area contributed by atoms with E-state index in [1.807, 2.05) is 0 Å². The number of nitrogens with zero attached hydrogens (tertiary/aromatic N) is 3. The molecule has 0 aliphatic carbocycles. The smallest absolute Gasteiger partial charge is 0.290 e. The van der Waals surface area contributed by atoms with Crippen molar-refractivity contribution in [2.24, 2.45) is 0 Å². The van der Waals surface area contributed by atoms with Crippen LogP contribution >= 0.6 is 0 Å². The number of anilines is 1. The van der Waals surface area contributed by atoms with E-state index in [-0.39, 0.29) is 17.6 Å². The Morgan fingerprint density at radius 3 is 3.16 bits per heavy atom. The molecule has 0 radical (unpaired) electrons. The Morgan fingerprint density at radius 2 is 2.53 bits per heavy atom. The van der Waals surface area contributed by atoms with Gasteiger partial charge in [-0.1, -0.05) is 0 Å². The lowest BCUT2D eigenvalue weighted by molar-refractivity contribution is -0.385. The van der Waals surface area contributed by atoms with Crippen LogP contribution < -0.4 is 4.90 Å². The first-order chi connectivity index (χ1) is 9.11. The Kier molecular flexibility index (Phi) is 4.23. The molecule has 1 saturated heterocycles. The predicted molar refractivity (Wildman–Crippen MR) is 64.7 cm³/mol. The SMILES string of the molecule is COCC1CN(c2ncc([N+](=O)[O-])cc2F)CCO1. The van der Waals surface area contributed by atoms with Crippen molar-refractivity contribution in [1.82, 2.24) is 4.98 Å². The third kappa shape index (κ3) is 3.15. The molecular weight excluding hydrogens is 257 g/mol. The Bertz CT molecular complexity index is 469. The highest BCUT2D eigenvalue weighted by molar-refractivity contribution is 5.45. The summed E-state index contributed by atoms with van der Waals surface area (Å²) in [5, 5.41) is 10.5. The fraction of sp³-hybridized carbons (Fsp3) is 0.545. The lowest BCUT2D eigenvalue weighted by Gasteiger charge is -2.33. The van der Waals surface area contributed by atoms with Crippen LogP contribution in [0.3, 0.4) is 0 Å². The summed E-state index contributed by atoms with van der Waals surface area (Å²) in [6, 6.07) is 0.878. The molecule has 0 spiro atoms. The number of pyridine rings is 1. The highest BCUT2D eigenvalue weighted by Gasteiger charge is 2.24. The van der Waals surface area contributed by atoms with Crippen molar-refractivity contribution in [1.29, 1.82) is 0 Å². The van der Waals surface area contributed by atoms with Crippen molar-refractivity contribution in [2.45, 2.75) is 6.10 Å². The number of rotatable bonds is 4. The second-order valence-electron chi connectivity index (χ2n) is 4.15. The van der Waals surface area contributed by atoms with Crippen LogP contribution in [-0.2, 0) is 9.47 Å². The molecule has 0 amide bonds. The van der Waals surface area contributed by atoms with Crippen LogP contribution in [0.15, 0.2) is 12.3 Å². The van der Waals surface area contributed by atoms with Crippen molar-refractivity contribution in [3.05, 3.63) is 28.2 Å². The fourth-order valence-electron chi connectivity index (χ4n) is 1.95. The first-order valence-corrected chi connectivity index (χ1v) is 5.77. The molecule has 7 nitrogen and oxygen atoms in total. The molecular formula is C11H14FN3O4. The first kappa shape index (κ1) is 13.6. The van der Waals surface area contributed by atoms with Gasteiger partial charge >= 0.3 is 0 Å². The van der Waals surface area contributed by atoms with Crippen LogP contribution in [0.5, 0.6) is 0 Å². The Labute approximate surface area is 109 Å². The van der Waals surface area contributed by atoms with Crippen LogP contribution in [-0.4, -0.2) is 49.4 Å². The van der Waals surface area contributed by atoms with Gasteiger partial charge in [0, 0.05) is 20.2 Å². The van der Waals surface area contributed by atoms with Gasteiger partial charge in [-0.15, -0.1) is 0 Å². The minimum absolute atomic E-state index is 0.106. The van der Waals surface area contributed by atoms with Gasteiger partial charge in [0.15, 0.2) is 11.6 Å². The molecule has 0 saturated carbocycles. The maximum atomic E-state index is 13.8. The summed E-state index contributed by atoms with van der Waals surface area (Å²) in [7, 11) is 1.56. The number of nitro groups is 1. The average molecular weight is 271 g/mol. The third-order valence-electron chi connectivity index (χ3n) is 2.81. The maximum absolute atomic E-state index is 13.8. The number of methoxy groups -OCH3 is 1. The standard InChI is InChI=1S/C11H14FN3O4/c1-18-7-9-6-14(2-3-19-9)11-10(12)4-8(5-13-11)15(16)17/h4-5,9H,2-3,6-7H2,1H3. The number of ether oxygens (including phenoxy) is 2. The van der Waals surface area contributed by atoms with Crippen LogP contribution in [0, 0.1) is 15.9 Å². The number of hydrogen-bond donors (Lipinski definition) is 0. The topological polar surface area (TPSA) is 77.7 Å². The average Bonchev–Trinajstić information content (AvgIpc) is 2.39. The molecule has 104 valence electrons. The summed E-state index contributed by atoms with van der Waals surface area (Å²) >= 11 is 0. The summed E-state index contributed by atoms with van der Waals surface area (Å²) in [5.41, 5.74) is -0.358. The van der Waals surface area contributed by atoms with Gasteiger partial charge in [-0.05, 0) is 0 Å². The minimum atomic E-state index is -0.702. The van der Waals surface area contributed by atoms with Crippen LogP contribution in [0.1, 0.15) is 0 Å². The number of halogens is 1. The van der Waals surface area contributed by atoms with Gasteiger partial charge in [0.1, 0.15) is 6.20 Å². The zero-order valence-corrected chi connectivity index (χ0v) is 10.4. The molecule has 1 atom stereocenters. The van der Waals surface area contributed by atoms with E-state index >= 15 is 0 Å². The zero-order valence-electron chi connectivity index (χ0n) is 10.4. The summed E-state index contributed by atoms with van der Waals surface area (Å²) in [5.74, 6) is -0.595. The Hall–Kier alpha value is -1.80. The Morgan fingerprint density at radius 1 is 1.74 bits per heavy atom. The molecule has 8 heteroatoms. The predicted octanol–water partition coefficient (Wildman–Crippen LogP) is 0.980. The van der Waals surface area contributed by atoms with E-state index in [1.165, 1.54) is 0 Å². The van der Waals surface area contributed by atoms with Gasteiger partial charge in [-0.3, -0.25) is 10.1 Å². The summed E-state index contributed by atoms with van der Waals surface area (Å²) in [6.45, 7) is 1.77. The second-order valence-corrected chi connectivity index (χ2v) is 4.15. The summed E-state index contributed by atoms with van der Waals surface area (Å²) in [6.07, 6.45) is 0.897. The molecule has 1 aliphatic rings. The normalized spacial score (nSPS) is 19.5. The first-order valence-electron chi connectivity index (χ1n) is 5.77. The van der Waals surface area contributed by atoms with Crippen molar-refractivity contribution in [3.63, 3.8) is 0 Å². The van der Waals surface area contributed by atoms with Crippen LogP contribution in [0.2, 0.25) is 0 Å². The van der Waals surface area contributed by atoms with E-state index in [0.29, 0.717) is 26.3 Å².